The summed E-state index contributed by atoms with van der Waals surface area (Å²) < 4.78 is 6.90. The third-order valence-electron chi connectivity index (χ3n) is 3.54. The average molecular weight is 271 g/mol. The van der Waals surface area contributed by atoms with Gasteiger partial charge in [-0.05, 0) is 31.2 Å². The Morgan fingerprint density at radius 2 is 1.90 bits per heavy atom. The van der Waals surface area contributed by atoms with Gasteiger partial charge in [-0.2, -0.15) is 0 Å². The van der Waals surface area contributed by atoms with E-state index in [1.165, 1.54) is 0 Å². The zero-order valence-corrected chi connectivity index (χ0v) is 11.5. The highest BCUT2D eigenvalue weighted by atomic mass is 16.5. The van der Waals surface area contributed by atoms with Gasteiger partial charge in [0.15, 0.2) is 0 Å². The maximum atomic E-state index is 12.3. The molecule has 0 saturated carbocycles. The molecule has 2 heterocycles. The van der Waals surface area contributed by atoms with Gasteiger partial charge in [-0.1, -0.05) is 0 Å². The van der Waals surface area contributed by atoms with E-state index in [9.17, 15) is 4.79 Å². The molecule has 2 aromatic rings. The molecular weight excluding hydrogens is 254 g/mol. The molecule has 0 aliphatic carbocycles. The molecule has 0 atom stereocenters. The molecular formula is C15H17N3O2. The number of morpholine rings is 1. The molecule has 1 aromatic heterocycles. The minimum atomic E-state index is -0.0477. The topological polar surface area (TPSA) is 47.4 Å². The van der Waals surface area contributed by atoms with Crippen LogP contribution in [-0.2, 0) is 4.74 Å². The van der Waals surface area contributed by atoms with Gasteiger partial charge in [0.2, 0.25) is 0 Å². The Morgan fingerprint density at radius 3 is 2.50 bits per heavy atom. The number of rotatable bonds is 2. The minimum Gasteiger partial charge on any atom is -0.378 e. The summed E-state index contributed by atoms with van der Waals surface area (Å²) in [4.78, 5) is 18.6. The van der Waals surface area contributed by atoms with Crippen LogP contribution in [0.3, 0.4) is 0 Å². The molecule has 1 fully saturated rings. The lowest BCUT2D eigenvalue weighted by atomic mass is 10.1. The van der Waals surface area contributed by atoms with Crippen LogP contribution in [0.25, 0.3) is 0 Å². The summed E-state index contributed by atoms with van der Waals surface area (Å²) in [6.07, 6.45) is 3.32. The first-order valence-electron chi connectivity index (χ1n) is 6.73. The number of ether oxygens (including phenoxy) is 1. The molecule has 5 nitrogen and oxygen atoms in total. The average Bonchev–Trinajstić information content (AvgIpc) is 2.94. The van der Waals surface area contributed by atoms with Crippen molar-refractivity contribution in [1.82, 2.24) is 9.55 Å². The predicted octanol–water partition coefficient (Wildman–Crippen LogP) is 1.72. The van der Waals surface area contributed by atoms with Crippen LogP contribution in [0.15, 0.2) is 36.7 Å². The first-order chi connectivity index (χ1) is 9.75. The molecule has 1 aliphatic rings. The second kappa shape index (κ2) is 5.46. The highest BCUT2D eigenvalue weighted by Crippen LogP contribution is 2.17. The second-order valence-electron chi connectivity index (χ2n) is 4.80. The lowest BCUT2D eigenvalue weighted by Crippen LogP contribution is -2.36. The van der Waals surface area contributed by atoms with Gasteiger partial charge < -0.3 is 9.64 Å². The zero-order chi connectivity index (χ0) is 13.9. The molecule has 1 aliphatic heterocycles. The fraction of sp³-hybridized carbons (Fsp3) is 0.333. The van der Waals surface area contributed by atoms with Crippen molar-refractivity contribution in [2.24, 2.45) is 0 Å². The van der Waals surface area contributed by atoms with Crippen molar-refractivity contribution in [1.29, 1.82) is 0 Å². The number of imidazole rings is 1. The zero-order valence-electron chi connectivity index (χ0n) is 11.5. The Kier molecular flexibility index (Phi) is 3.52. The smallest absolute Gasteiger partial charge is 0.263 e. The number of carbonyl (C=O) groups is 1. The summed E-state index contributed by atoms with van der Waals surface area (Å²) in [5.41, 5.74) is 1.80. The summed E-state index contributed by atoms with van der Waals surface area (Å²) in [5.74, 6) is 0.654. The van der Waals surface area contributed by atoms with E-state index >= 15 is 0 Å². The highest BCUT2D eigenvalue weighted by Gasteiger charge is 2.13. The Hall–Kier alpha value is -2.14. The Bertz CT molecular complexity index is 598. The van der Waals surface area contributed by atoms with Crippen LogP contribution in [0.1, 0.15) is 16.2 Å². The molecule has 0 N–H and O–H groups in total. The standard InChI is InChI=1S/C15H17N3O2/c1-12-16-6-7-18(12)15(19)13-2-4-14(5-3-13)17-8-10-20-11-9-17/h2-7H,8-11H2,1H3. The fourth-order valence-corrected chi connectivity index (χ4v) is 2.37. The summed E-state index contributed by atoms with van der Waals surface area (Å²) in [6, 6.07) is 7.72. The lowest BCUT2D eigenvalue weighted by Gasteiger charge is -2.28. The van der Waals surface area contributed by atoms with Gasteiger partial charge in [-0.15, -0.1) is 0 Å². The van der Waals surface area contributed by atoms with Crippen LogP contribution in [0.5, 0.6) is 0 Å². The molecule has 1 aromatic carbocycles. The van der Waals surface area contributed by atoms with Crippen LogP contribution < -0.4 is 4.90 Å². The van der Waals surface area contributed by atoms with Crippen LogP contribution in [-0.4, -0.2) is 41.8 Å². The van der Waals surface area contributed by atoms with Crippen molar-refractivity contribution in [3.8, 4) is 0 Å². The molecule has 5 heteroatoms. The molecule has 0 bridgehead atoms. The maximum Gasteiger partial charge on any atom is 0.263 e. The predicted molar refractivity (Wildman–Crippen MR) is 76.2 cm³/mol. The van der Waals surface area contributed by atoms with Gasteiger partial charge in [0.05, 0.1) is 13.2 Å². The number of hydrogen-bond acceptors (Lipinski definition) is 4. The van der Waals surface area contributed by atoms with Gasteiger partial charge >= 0.3 is 0 Å². The van der Waals surface area contributed by atoms with Crippen molar-refractivity contribution in [2.75, 3.05) is 31.2 Å². The number of hydrogen-bond donors (Lipinski definition) is 0. The summed E-state index contributed by atoms with van der Waals surface area (Å²) in [5, 5.41) is 0. The van der Waals surface area contributed by atoms with Crippen LogP contribution in [0.4, 0.5) is 5.69 Å². The van der Waals surface area contributed by atoms with E-state index in [1.807, 2.05) is 31.2 Å². The molecule has 0 unspecified atom stereocenters. The molecule has 20 heavy (non-hydrogen) atoms. The second-order valence-corrected chi connectivity index (χ2v) is 4.80. The first-order valence-corrected chi connectivity index (χ1v) is 6.73. The van der Waals surface area contributed by atoms with Gasteiger partial charge in [0.25, 0.3) is 5.91 Å². The van der Waals surface area contributed by atoms with Gasteiger partial charge in [0, 0.05) is 36.7 Å². The molecule has 0 spiro atoms. The normalized spacial score (nSPS) is 15.3. The molecule has 0 radical (unpaired) electrons. The number of nitrogens with zero attached hydrogens (tertiary/aromatic N) is 3. The van der Waals surface area contributed by atoms with E-state index in [-0.39, 0.29) is 5.91 Å². The Balaban J connectivity index is 1.79. The minimum absolute atomic E-state index is 0.0477. The van der Waals surface area contributed by atoms with E-state index in [4.69, 9.17) is 4.74 Å². The number of anilines is 1. The highest BCUT2D eigenvalue weighted by molar-refractivity contribution is 5.96. The fourth-order valence-electron chi connectivity index (χ4n) is 2.37. The van der Waals surface area contributed by atoms with Crippen molar-refractivity contribution in [3.63, 3.8) is 0 Å². The van der Waals surface area contributed by atoms with E-state index < -0.39 is 0 Å². The lowest BCUT2D eigenvalue weighted by molar-refractivity contribution is 0.0957. The van der Waals surface area contributed by atoms with Crippen molar-refractivity contribution >= 4 is 11.6 Å². The molecule has 1 saturated heterocycles. The number of benzene rings is 1. The van der Waals surface area contributed by atoms with E-state index in [1.54, 1.807) is 17.0 Å². The largest absolute Gasteiger partial charge is 0.378 e. The van der Waals surface area contributed by atoms with Gasteiger partial charge in [0.1, 0.15) is 5.82 Å². The van der Waals surface area contributed by atoms with Crippen molar-refractivity contribution < 1.29 is 9.53 Å². The van der Waals surface area contributed by atoms with E-state index in [0.29, 0.717) is 11.4 Å². The third kappa shape index (κ3) is 2.44. The van der Waals surface area contributed by atoms with Crippen LogP contribution >= 0.6 is 0 Å². The summed E-state index contributed by atoms with van der Waals surface area (Å²) >= 11 is 0. The Morgan fingerprint density at radius 1 is 1.20 bits per heavy atom. The van der Waals surface area contributed by atoms with Crippen LogP contribution in [0, 0.1) is 6.92 Å². The van der Waals surface area contributed by atoms with Crippen LogP contribution in [0.2, 0.25) is 0 Å². The summed E-state index contributed by atoms with van der Waals surface area (Å²) in [7, 11) is 0. The molecule has 0 amide bonds. The number of carbonyl (C=O) groups excluding carboxylic acids is 1. The maximum absolute atomic E-state index is 12.3. The first kappa shape index (κ1) is 12.9. The van der Waals surface area contributed by atoms with Gasteiger partial charge in [-0.3, -0.25) is 9.36 Å². The number of aryl methyl sites for hydroxylation is 1. The SMILES string of the molecule is Cc1nccn1C(=O)c1ccc(N2CCOCC2)cc1. The monoisotopic (exact) mass is 271 g/mol. The van der Waals surface area contributed by atoms with Gasteiger partial charge in [-0.25, -0.2) is 4.98 Å². The van der Waals surface area contributed by atoms with Crippen molar-refractivity contribution in [2.45, 2.75) is 6.92 Å². The van der Waals surface area contributed by atoms with Crippen molar-refractivity contribution in [3.05, 3.63) is 48.0 Å². The van der Waals surface area contributed by atoms with E-state index in [2.05, 4.69) is 9.88 Å². The summed E-state index contributed by atoms with van der Waals surface area (Å²) in [6.45, 7) is 5.13. The molecule has 3 rings (SSSR count). The van der Waals surface area contributed by atoms with E-state index in [0.717, 1.165) is 32.0 Å². The molecule has 104 valence electrons. The quantitative estimate of drug-likeness (QED) is 0.834. The number of aromatic nitrogens is 2. The Labute approximate surface area is 117 Å². The third-order valence-corrected chi connectivity index (χ3v) is 3.54.